The first-order chi connectivity index (χ1) is 21.7. The maximum atomic E-state index is 15.6. The first kappa shape index (κ1) is 25.0. The lowest BCUT2D eigenvalue weighted by Gasteiger charge is -2.25. The van der Waals surface area contributed by atoms with Crippen molar-refractivity contribution in [3.05, 3.63) is 156 Å². The van der Waals surface area contributed by atoms with E-state index in [1.54, 1.807) is 0 Å². The summed E-state index contributed by atoms with van der Waals surface area (Å²) in [4.78, 5) is 0. The number of hydrogen-bond donors (Lipinski definition) is 0. The Balaban J connectivity index is 1.23. The molecule has 0 amide bonds. The molecule has 0 radical (unpaired) electrons. The van der Waals surface area contributed by atoms with Crippen LogP contribution in [0, 0.1) is 11.6 Å². The zero-order chi connectivity index (χ0) is 29.4. The Morgan fingerprint density at radius 3 is 1.43 bits per heavy atom. The Bertz CT molecular complexity index is 2360. The molecule has 0 spiro atoms. The average Bonchev–Trinajstić information content (AvgIpc) is 3.08. The molecule has 0 unspecified atom stereocenters. The summed E-state index contributed by atoms with van der Waals surface area (Å²) in [7, 11) is 0. The smallest absolute Gasteiger partial charge is 0.138 e. The first-order valence-corrected chi connectivity index (χ1v) is 14.8. The van der Waals surface area contributed by atoms with Crippen LogP contribution in [0.15, 0.2) is 133 Å². The van der Waals surface area contributed by atoms with Crippen molar-refractivity contribution < 1.29 is 13.5 Å². The summed E-state index contributed by atoms with van der Waals surface area (Å²) in [6, 6.07) is 43.2. The number of para-hydroxylation sites is 1. The van der Waals surface area contributed by atoms with Gasteiger partial charge < -0.3 is 4.74 Å². The second-order valence-electron chi connectivity index (χ2n) is 11.5. The summed E-state index contributed by atoms with van der Waals surface area (Å²) >= 11 is 0. The van der Waals surface area contributed by atoms with Gasteiger partial charge in [-0.15, -0.1) is 0 Å². The number of ether oxygens (including phenoxy) is 1. The van der Waals surface area contributed by atoms with Gasteiger partial charge in [-0.05, 0) is 55.9 Å². The summed E-state index contributed by atoms with van der Waals surface area (Å²) in [5, 5.41) is 5.91. The van der Waals surface area contributed by atoms with Crippen LogP contribution < -0.4 is 4.74 Å². The SMILES string of the molecule is Fc1c2ccccc2c(-c2ccc3c(c2)Cc2cccc(-c4c5ccccc5c(F)c5ccccc45)c2O3)c2ccccc12. The molecule has 0 saturated heterocycles. The van der Waals surface area contributed by atoms with Gasteiger partial charge in [-0.2, -0.15) is 0 Å². The minimum atomic E-state index is -0.204. The monoisotopic (exact) mass is 570 g/mol. The number of fused-ring (bicyclic) bond motifs is 6. The molecule has 0 N–H and O–H groups in total. The second-order valence-corrected chi connectivity index (χ2v) is 11.5. The quantitative estimate of drug-likeness (QED) is 0.188. The zero-order valence-electron chi connectivity index (χ0n) is 23.6. The third-order valence-corrected chi connectivity index (χ3v) is 9.04. The van der Waals surface area contributed by atoms with Crippen LogP contribution in [0.4, 0.5) is 8.78 Å². The second kappa shape index (κ2) is 9.48. The Labute approximate surface area is 252 Å². The molecule has 8 aromatic rings. The molecule has 0 atom stereocenters. The van der Waals surface area contributed by atoms with E-state index in [4.69, 9.17) is 4.74 Å². The summed E-state index contributed by atoms with van der Waals surface area (Å²) < 4.78 is 37.9. The van der Waals surface area contributed by atoms with Crippen LogP contribution in [0.1, 0.15) is 11.1 Å². The predicted molar refractivity (Wildman–Crippen MR) is 177 cm³/mol. The molecule has 0 fully saturated rings. The molecule has 0 aromatic heterocycles. The maximum Gasteiger partial charge on any atom is 0.138 e. The zero-order valence-corrected chi connectivity index (χ0v) is 23.6. The van der Waals surface area contributed by atoms with Gasteiger partial charge in [-0.1, -0.05) is 121 Å². The number of hydrogen-bond acceptors (Lipinski definition) is 1. The van der Waals surface area contributed by atoms with Crippen LogP contribution in [-0.2, 0) is 6.42 Å². The standard InChI is InChI=1S/C41H24F2O/c42-39-31-15-5-1-11-27(31)37(28-12-2-6-16-32(28)39)24-20-21-36-26(22-24)23-25-10-9-19-35(41(25)44-36)38-29-13-3-7-17-33(29)40(43)34-18-8-4-14-30(34)38/h1-22H,23H2. The van der Waals surface area contributed by atoms with Crippen molar-refractivity contribution >= 4 is 43.1 Å². The van der Waals surface area contributed by atoms with E-state index in [0.717, 1.165) is 66.4 Å². The minimum Gasteiger partial charge on any atom is -0.456 e. The number of halogens is 2. The van der Waals surface area contributed by atoms with E-state index < -0.39 is 0 Å². The molecule has 1 heterocycles. The molecule has 0 saturated carbocycles. The van der Waals surface area contributed by atoms with Crippen molar-refractivity contribution in [2.24, 2.45) is 0 Å². The highest BCUT2D eigenvalue weighted by molar-refractivity contribution is 6.15. The topological polar surface area (TPSA) is 9.23 Å². The van der Waals surface area contributed by atoms with Gasteiger partial charge in [0.2, 0.25) is 0 Å². The Morgan fingerprint density at radius 2 is 0.909 bits per heavy atom. The highest BCUT2D eigenvalue weighted by Crippen LogP contribution is 2.48. The third-order valence-electron chi connectivity index (χ3n) is 9.04. The molecule has 44 heavy (non-hydrogen) atoms. The average molecular weight is 571 g/mol. The lowest BCUT2D eigenvalue weighted by Crippen LogP contribution is -2.05. The summed E-state index contributed by atoms with van der Waals surface area (Å²) in [6.07, 6.45) is 0.681. The lowest BCUT2D eigenvalue weighted by molar-refractivity contribution is 0.462. The van der Waals surface area contributed by atoms with Gasteiger partial charge in [0, 0.05) is 39.1 Å². The fourth-order valence-electron chi connectivity index (χ4n) is 7.08. The van der Waals surface area contributed by atoms with Crippen LogP contribution in [0.5, 0.6) is 11.5 Å². The molecule has 208 valence electrons. The summed E-state index contributed by atoms with van der Waals surface area (Å²) in [6.45, 7) is 0. The van der Waals surface area contributed by atoms with Crippen molar-refractivity contribution in [1.82, 2.24) is 0 Å². The highest BCUT2D eigenvalue weighted by atomic mass is 19.1. The molecule has 0 bridgehead atoms. The molecule has 3 heteroatoms. The molecular formula is C41H24F2O. The molecule has 0 aliphatic carbocycles. The van der Waals surface area contributed by atoms with Gasteiger partial charge in [0.1, 0.15) is 23.1 Å². The molecular weight excluding hydrogens is 546 g/mol. The van der Waals surface area contributed by atoms with E-state index >= 15 is 8.78 Å². The largest absolute Gasteiger partial charge is 0.456 e. The van der Waals surface area contributed by atoms with Crippen LogP contribution in [-0.4, -0.2) is 0 Å². The lowest BCUT2D eigenvalue weighted by atomic mass is 9.87. The van der Waals surface area contributed by atoms with Crippen molar-refractivity contribution in [2.45, 2.75) is 6.42 Å². The Morgan fingerprint density at radius 1 is 0.432 bits per heavy atom. The van der Waals surface area contributed by atoms with Crippen LogP contribution in [0.2, 0.25) is 0 Å². The van der Waals surface area contributed by atoms with E-state index in [1.165, 1.54) is 0 Å². The Kier molecular flexibility index (Phi) is 5.39. The molecule has 1 aliphatic rings. The van der Waals surface area contributed by atoms with Gasteiger partial charge in [-0.25, -0.2) is 8.78 Å². The summed E-state index contributed by atoms with van der Waals surface area (Å²) in [5.41, 5.74) is 6.09. The van der Waals surface area contributed by atoms with Crippen LogP contribution in [0.3, 0.4) is 0 Å². The molecule has 9 rings (SSSR count). The molecule has 1 nitrogen and oxygen atoms in total. The van der Waals surface area contributed by atoms with Gasteiger partial charge in [0.05, 0.1) is 0 Å². The Hall–Kier alpha value is -5.54. The molecule has 8 aromatic carbocycles. The van der Waals surface area contributed by atoms with E-state index in [1.807, 2.05) is 103 Å². The van der Waals surface area contributed by atoms with Gasteiger partial charge in [-0.3, -0.25) is 0 Å². The highest BCUT2D eigenvalue weighted by Gasteiger charge is 2.25. The van der Waals surface area contributed by atoms with Crippen LogP contribution >= 0.6 is 0 Å². The fraction of sp³-hybridized carbons (Fsp3) is 0.0244. The third kappa shape index (κ3) is 3.56. The first-order valence-electron chi connectivity index (χ1n) is 14.8. The fourth-order valence-corrected chi connectivity index (χ4v) is 7.08. The van der Waals surface area contributed by atoms with Crippen LogP contribution in [0.25, 0.3) is 65.3 Å². The van der Waals surface area contributed by atoms with E-state index in [0.29, 0.717) is 28.0 Å². The molecule has 1 aliphatic heterocycles. The van der Waals surface area contributed by atoms with E-state index in [-0.39, 0.29) is 11.6 Å². The van der Waals surface area contributed by atoms with Gasteiger partial charge in [0.25, 0.3) is 0 Å². The van der Waals surface area contributed by atoms with E-state index in [9.17, 15) is 0 Å². The predicted octanol–water partition coefficient (Wildman–Crippen LogP) is 11.6. The normalized spacial score (nSPS) is 12.4. The van der Waals surface area contributed by atoms with Gasteiger partial charge in [0.15, 0.2) is 0 Å². The minimum absolute atomic E-state index is 0.191. The summed E-state index contributed by atoms with van der Waals surface area (Å²) in [5.74, 6) is 1.19. The maximum absolute atomic E-state index is 15.6. The van der Waals surface area contributed by atoms with E-state index in [2.05, 4.69) is 30.3 Å². The number of rotatable bonds is 2. The van der Waals surface area contributed by atoms with Crippen molar-refractivity contribution in [3.8, 4) is 33.8 Å². The van der Waals surface area contributed by atoms with Gasteiger partial charge >= 0.3 is 0 Å². The van der Waals surface area contributed by atoms with Crippen molar-refractivity contribution in [2.75, 3.05) is 0 Å². The van der Waals surface area contributed by atoms with Crippen molar-refractivity contribution in [3.63, 3.8) is 0 Å². The number of benzene rings is 8. The van der Waals surface area contributed by atoms with Crippen molar-refractivity contribution in [1.29, 1.82) is 0 Å².